The lowest BCUT2D eigenvalue weighted by Gasteiger charge is -2.08. The van der Waals surface area contributed by atoms with Gasteiger partial charge in [-0.3, -0.25) is 9.59 Å². The lowest BCUT2D eigenvalue weighted by Crippen LogP contribution is -2.13. The summed E-state index contributed by atoms with van der Waals surface area (Å²) in [4.78, 5) is 23.2. The van der Waals surface area contributed by atoms with E-state index in [-0.39, 0.29) is 18.2 Å². The van der Waals surface area contributed by atoms with Crippen molar-refractivity contribution in [3.8, 4) is 0 Å². The third-order valence-electron chi connectivity index (χ3n) is 2.60. The summed E-state index contributed by atoms with van der Waals surface area (Å²) in [5, 5.41) is 0. The van der Waals surface area contributed by atoms with E-state index in [9.17, 15) is 9.59 Å². The Morgan fingerprint density at radius 3 is 2.93 bits per heavy atom. The maximum Gasteiger partial charge on any atom is 0.313 e. The molecule has 0 N–H and O–H groups in total. The Morgan fingerprint density at radius 2 is 2.20 bits per heavy atom. The fraction of sp³-hybridized carbons (Fsp3) is 0.333. The number of ether oxygens (including phenoxy) is 1. The van der Waals surface area contributed by atoms with Gasteiger partial charge in [0.2, 0.25) is 0 Å². The molecule has 0 fully saturated rings. The van der Waals surface area contributed by atoms with Crippen LogP contribution in [-0.4, -0.2) is 18.4 Å². The molecule has 0 amide bonds. The monoisotopic (exact) mass is 204 g/mol. The molecule has 0 saturated carbocycles. The van der Waals surface area contributed by atoms with Crippen LogP contribution >= 0.6 is 0 Å². The fourth-order valence-electron chi connectivity index (χ4n) is 1.91. The fourth-order valence-corrected chi connectivity index (χ4v) is 1.91. The van der Waals surface area contributed by atoms with Crippen molar-refractivity contribution >= 4 is 11.8 Å². The first-order valence-corrected chi connectivity index (χ1v) is 5.02. The minimum absolute atomic E-state index is 0.0312. The van der Waals surface area contributed by atoms with Crippen molar-refractivity contribution in [2.45, 2.75) is 19.3 Å². The summed E-state index contributed by atoms with van der Waals surface area (Å²) >= 11 is 0. The van der Waals surface area contributed by atoms with Crippen LogP contribution < -0.4 is 0 Å². The number of ketones is 1. The van der Waals surface area contributed by atoms with Gasteiger partial charge in [0.1, 0.15) is 0 Å². The van der Waals surface area contributed by atoms with Gasteiger partial charge in [-0.25, -0.2) is 0 Å². The van der Waals surface area contributed by atoms with Gasteiger partial charge in [-0.2, -0.15) is 0 Å². The van der Waals surface area contributed by atoms with E-state index in [4.69, 9.17) is 4.74 Å². The molecule has 0 radical (unpaired) electrons. The number of hydrogen-bond acceptors (Lipinski definition) is 3. The third-order valence-corrected chi connectivity index (χ3v) is 2.60. The van der Waals surface area contributed by atoms with Gasteiger partial charge >= 0.3 is 5.97 Å². The van der Waals surface area contributed by atoms with E-state index < -0.39 is 5.92 Å². The molecule has 1 aromatic rings. The zero-order chi connectivity index (χ0) is 10.8. The van der Waals surface area contributed by atoms with E-state index in [2.05, 4.69) is 0 Å². The summed E-state index contributed by atoms with van der Waals surface area (Å²) in [5.74, 6) is -0.659. The molecule has 78 valence electrons. The van der Waals surface area contributed by atoms with Crippen LogP contribution in [0.5, 0.6) is 0 Å². The molecular formula is C12H12O3. The van der Waals surface area contributed by atoms with Crippen molar-refractivity contribution < 1.29 is 14.3 Å². The second-order valence-electron chi connectivity index (χ2n) is 3.52. The number of esters is 1. The predicted molar refractivity (Wildman–Crippen MR) is 54.8 cm³/mol. The van der Waals surface area contributed by atoms with Crippen LogP contribution in [0.15, 0.2) is 24.3 Å². The Labute approximate surface area is 88.1 Å². The van der Waals surface area contributed by atoms with Crippen LogP contribution in [0.4, 0.5) is 0 Å². The molecule has 0 bridgehead atoms. The minimum Gasteiger partial charge on any atom is -0.466 e. The van der Waals surface area contributed by atoms with E-state index >= 15 is 0 Å². The molecule has 3 heteroatoms. The van der Waals surface area contributed by atoms with Crippen LogP contribution in [0.1, 0.15) is 35.2 Å². The Balaban J connectivity index is 2.32. The molecule has 3 nitrogen and oxygen atoms in total. The number of rotatable bonds is 2. The van der Waals surface area contributed by atoms with Crippen molar-refractivity contribution in [3.05, 3.63) is 35.4 Å². The first-order chi connectivity index (χ1) is 7.24. The minimum atomic E-state index is -0.395. The largest absolute Gasteiger partial charge is 0.466 e. The highest BCUT2D eigenvalue weighted by Gasteiger charge is 2.34. The van der Waals surface area contributed by atoms with E-state index in [1.807, 2.05) is 18.2 Å². The molecule has 0 aliphatic heterocycles. The zero-order valence-electron chi connectivity index (χ0n) is 8.53. The van der Waals surface area contributed by atoms with Gasteiger partial charge in [-0.1, -0.05) is 24.3 Å². The first kappa shape index (κ1) is 9.90. The molecule has 2 rings (SSSR count). The van der Waals surface area contributed by atoms with Crippen molar-refractivity contribution in [2.75, 3.05) is 6.61 Å². The molecular weight excluding hydrogens is 192 g/mol. The standard InChI is InChI=1S/C12H12O3/c1-2-15-12(14)10-7-11(13)9-6-4-3-5-8(9)10/h3-6,10H,2,7H2,1H3. The quantitative estimate of drug-likeness (QED) is 0.691. The summed E-state index contributed by atoms with van der Waals surface area (Å²) in [6, 6.07) is 7.23. The van der Waals surface area contributed by atoms with E-state index in [1.54, 1.807) is 13.0 Å². The van der Waals surface area contributed by atoms with Gasteiger partial charge < -0.3 is 4.74 Å². The molecule has 0 aromatic heterocycles. The summed E-state index contributed by atoms with van der Waals surface area (Å²) in [5.41, 5.74) is 1.47. The number of benzene rings is 1. The molecule has 1 aliphatic rings. The third kappa shape index (κ3) is 1.65. The molecule has 1 aromatic carbocycles. The lowest BCUT2D eigenvalue weighted by atomic mass is 10.0. The van der Waals surface area contributed by atoms with Gasteiger partial charge in [0, 0.05) is 12.0 Å². The van der Waals surface area contributed by atoms with Crippen LogP contribution in [0.3, 0.4) is 0 Å². The van der Waals surface area contributed by atoms with Gasteiger partial charge in [0.25, 0.3) is 0 Å². The summed E-state index contributed by atoms with van der Waals surface area (Å²) < 4.78 is 4.94. The molecule has 15 heavy (non-hydrogen) atoms. The number of hydrogen-bond donors (Lipinski definition) is 0. The van der Waals surface area contributed by atoms with Crippen molar-refractivity contribution in [1.82, 2.24) is 0 Å². The van der Waals surface area contributed by atoms with Crippen LogP contribution in [0.25, 0.3) is 0 Å². The Kier molecular flexibility index (Phi) is 2.54. The van der Waals surface area contributed by atoms with Crippen molar-refractivity contribution in [1.29, 1.82) is 0 Å². The molecule has 0 spiro atoms. The number of fused-ring (bicyclic) bond motifs is 1. The number of carbonyl (C=O) groups is 2. The maximum absolute atomic E-state index is 11.6. The highest BCUT2D eigenvalue weighted by atomic mass is 16.5. The van der Waals surface area contributed by atoms with E-state index in [0.717, 1.165) is 5.56 Å². The SMILES string of the molecule is CCOC(=O)C1CC(=O)c2ccccc21. The number of Topliss-reactive ketones (excluding diaryl/α,β-unsaturated/α-hetero) is 1. The molecule has 0 saturated heterocycles. The van der Waals surface area contributed by atoms with Crippen molar-refractivity contribution in [2.24, 2.45) is 0 Å². The second-order valence-corrected chi connectivity index (χ2v) is 3.52. The van der Waals surface area contributed by atoms with Gasteiger partial charge in [0.05, 0.1) is 12.5 Å². The van der Waals surface area contributed by atoms with Crippen LogP contribution in [0, 0.1) is 0 Å². The molecule has 1 atom stereocenters. The van der Waals surface area contributed by atoms with E-state index in [1.165, 1.54) is 0 Å². The molecule has 0 heterocycles. The number of carbonyl (C=O) groups excluding carboxylic acids is 2. The predicted octanol–water partition coefficient (Wildman–Crippen LogP) is 1.92. The zero-order valence-corrected chi connectivity index (χ0v) is 8.53. The topological polar surface area (TPSA) is 43.4 Å². The molecule has 1 aliphatic carbocycles. The summed E-state index contributed by atoms with van der Waals surface area (Å²) in [7, 11) is 0. The Hall–Kier alpha value is -1.64. The van der Waals surface area contributed by atoms with Gasteiger partial charge in [-0.15, -0.1) is 0 Å². The summed E-state index contributed by atoms with van der Waals surface area (Å²) in [6.07, 6.45) is 0.248. The van der Waals surface area contributed by atoms with Crippen LogP contribution in [-0.2, 0) is 9.53 Å². The highest BCUT2D eigenvalue weighted by Crippen LogP contribution is 2.33. The summed E-state index contributed by atoms with van der Waals surface area (Å²) in [6.45, 7) is 2.12. The maximum atomic E-state index is 11.6. The lowest BCUT2D eigenvalue weighted by molar-refractivity contribution is -0.144. The van der Waals surface area contributed by atoms with Crippen LogP contribution in [0.2, 0.25) is 0 Å². The van der Waals surface area contributed by atoms with Gasteiger partial charge in [-0.05, 0) is 12.5 Å². The highest BCUT2D eigenvalue weighted by molar-refractivity contribution is 6.05. The smallest absolute Gasteiger partial charge is 0.313 e. The van der Waals surface area contributed by atoms with Crippen molar-refractivity contribution in [3.63, 3.8) is 0 Å². The Bertz CT molecular complexity index is 409. The average molecular weight is 204 g/mol. The molecule has 1 unspecified atom stereocenters. The average Bonchev–Trinajstić information content (AvgIpc) is 2.58. The Morgan fingerprint density at radius 1 is 1.47 bits per heavy atom. The normalized spacial score (nSPS) is 18.7. The van der Waals surface area contributed by atoms with E-state index in [0.29, 0.717) is 12.2 Å². The second kappa shape index (κ2) is 3.85. The first-order valence-electron chi connectivity index (χ1n) is 5.02. The van der Waals surface area contributed by atoms with Gasteiger partial charge in [0.15, 0.2) is 5.78 Å².